The Kier molecular flexibility index (Phi) is 5.91. The molecule has 180 valence electrons. The lowest BCUT2D eigenvalue weighted by Crippen LogP contribution is -2.32. The van der Waals surface area contributed by atoms with E-state index in [4.69, 9.17) is 15.6 Å². The van der Waals surface area contributed by atoms with Gasteiger partial charge in [-0.2, -0.15) is 13.2 Å². The van der Waals surface area contributed by atoms with Crippen LogP contribution in [0.1, 0.15) is 5.56 Å². The maximum Gasteiger partial charge on any atom is 0.416 e. The van der Waals surface area contributed by atoms with Crippen LogP contribution in [0.15, 0.2) is 67.0 Å². The van der Waals surface area contributed by atoms with Crippen molar-refractivity contribution in [1.82, 2.24) is 9.38 Å². The molecule has 0 spiro atoms. The highest BCUT2D eigenvalue weighted by atomic mass is 19.4. The molecule has 0 atom stereocenters. The van der Waals surface area contributed by atoms with Crippen LogP contribution in [-0.2, 0) is 6.18 Å². The SMILES string of the molecule is NC(=O)N(c1ccc(Oc2ccc3nc(NC(=O)O)cn3c2)cc1)c1cc(C(F)(F)F)ccc1F. The molecule has 0 saturated heterocycles. The highest BCUT2D eigenvalue weighted by molar-refractivity contribution is 5.98. The monoisotopic (exact) mass is 489 g/mol. The molecule has 4 aromatic rings. The maximum atomic E-state index is 14.3. The van der Waals surface area contributed by atoms with Crippen molar-refractivity contribution in [3.8, 4) is 11.5 Å². The average Bonchev–Trinajstić information content (AvgIpc) is 3.16. The van der Waals surface area contributed by atoms with Gasteiger partial charge < -0.3 is 20.0 Å². The molecule has 0 bridgehead atoms. The fourth-order valence-electron chi connectivity index (χ4n) is 3.25. The van der Waals surface area contributed by atoms with Crippen LogP contribution >= 0.6 is 0 Å². The Morgan fingerprint density at radius 1 is 1.03 bits per heavy atom. The average molecular weight is 489 g/mol. The number of hydrogen-bond donors (Lipinski definition) is 3. The molecule has 9 nitrogen and oxygen atoms in total. The molecule has 4 rings (SSSR count). The number of rotatable bonds is 5. The molecule has 0 aliphatic carbocycles. The lowest BCUT2D eigenvalue weighted by atomic mass is 10.1. The number of halogens is 4. The number of ether oxygens (including phenoxy) is 1. The molecule has 0 fully saturated rings. The van der Waals surface area contributed by atoms with Crippen LogP contribution in [0, 0.1) is 5.82 Å². The van der Waals surface area contributed by atoms with Crippen molar-refractivity contribution in [1.29, 1.82) is 0 Å². The summed E-state index contributed by atoms with van der Waals surface area (Å²) in [4.78, 5) is 27.4. The van der Waals surface area contributed by atoms with Gasteiger partial charge in [-0.05, 0) is 54.6 Å². The van der Waals surface area contributed by atoms with E-state index in [1.807, 2.05) is 0 Å². The lowest BCUT2D eigenvalue weighted by Gasteiger charge is -2.22. The van der Waals surface area contributed by atoms with Crippen LogP contribution in [0.4, 0.5) is 44.3 Å². The largest absolute Gasteiger partial charge is 0.465 e. The van der Waals surface area contributed by atoms with Crippen LogP contribution in [-0.4, -0.2) is 26.6 Å². The Morgan fingerprint density at radius 2 is 1.71 bits per heavy atom. The van der Waals surface area contributed by atoms with Crippen molar-refractivity contribution in [3.63, 3.8) is 0 Å². The number of nitrogens with two attached hydrogens (primary N) is 1. The van der Waals surface area contributed by atoms with Crippen molar-refractivity contribution in [2.75, 3.05) is 10.2 Å². The van der Waals surface area contributed by atoms with Gasteiger partial charge in [0.25, 0.3) is 0 Å². The van der Waals surface area contributed by atoms with Gasteiger partial charge in [0.2, 0.25) is 0 Å². The minimum absolute atomic E-state index is 0.0116. The van der Waals surface area contributed by atoms with E-state index < -0.39 is 35.4 Å². The molecule has 0 saturated carbocycles. The van der Waals surface area contributed by atoms with E-state index in [9.17, 15) is 27.2 Å². The summed E-state index contributed by atoms with van der Waals surface area (Å²) in [5, 5.41) is 10.9. The van der Waals surface area contributed by atoms with E-state index in [0.717, 1.165) is 0 Å². The number of anilines is 3. The predicted molar refractivity (Wildman–Crippen MR) is 116 cm³/mol. The van der Waals surface area contributed by atoms with Gasteiger partial charge in [-0.15, -0.1) is 0 Å². The zero-order valence-corrected chi connectivity index (χ0v) is 17.5. The van der Waals surface area contributed by atoms with Crippen LogP contribution in [0.3, 0.4) is 0 Å². The topological polar surface area (TPSA) is 122 Å². The second-order valence-electron chi connectivity index (χ2n) is 7.12. The molecular formula is C22H15F4N5O4. The van der Waals surface area contributed by atoms with Gasteiger partial charge in [0.05, 0.1) is 29.3 Å². The highest BCUT2D eigenvalue weighted by Crippen LogP contribution is 2.36. The van der Waals surface area contributed by atoms with Crippen molar-refractivity contribution < 1.29 is 37.0 Å². The minimum Gasteiger partial charge on any atom is -0.465 e. The van der Waals surface area contributed by atoms with Crippen LogP contribution < -0.4 is 20.7 Å². The van der Waals surface area contributed by atoms with E-state index in [0.29, 0.717) is 34.5 Å². The third kappa shape index (κ3) is 5.08. The van der Waals surface area contributed by atoms with Gasteiger partial charge in [-0.3, -0.25) is 10.2 Å². The summed E-state index contributed by atoms with van der Waals surface area (Å²) in [5.41, 5.74) is 4.00. The number of nitrogens with zero attached hydrogens (tertiary/aromatic N) is 3. The van der Waals surface area contributed by atoms with Gasteiger partial charge >= 0.3 is 18.3 Å². The van der Waals surface area contributed by atoms with Gasteiger partial charge in [0, 0.05) is 0 Å². The Morgan fingerprint density at radius 3 is 2.34 bits per heavy atom. The Bertz CT molecular complexity index is 1420. The molecule has 0 aliphatic heterocycles. The molecular weight excluding hydrogens is 474 g/mol. The normalized spacial score (nSPS) is 11.3. The van der Waals surface area contributed by atoms with E-state index in [2.05, 4.69) is 10.3 Å². The van der Waals surface area contributed by atoms with Crippen molar-refractivity contribution in [3.05, 3.63) is 78.4 Å². The summed E-state index contributed by atoms with van der Waals surface area (Å²) < 4.78 is 60.8. The summed E-state index contributed by atoms with van der Waals surface area (Å²) in [6.07, 6.45) is -3.03. The number of fused-ring (bicyclic) bond motifs is 1. The number of aromatic nitrogens is 2. The molecule has 2 heterocycles. The smallest absolute Gasteiger partial charge is 0.416 e. The molecule has 2 aromatic carbocycles. The Labute approximate surface area is 194 Å². The summed E-state index contributed by atoms with van der Waals surface area (Å²) in [5.74, 6) is -0.318. The molecule has 0 unspecified atom stereocenters. The number of carboxylic acid groups (broad SMARTS) is 1. The summed E-state index contributed by atoms with van der Waals surface area (Å²) in [7, 11) is 0. The zero-order chi connectivity index (χ0) is 25.3. The van der Waals surface area contributed by atoms with Crippen LogP contribution in [0.2, 0.25) is 0 Å². The number of amides is 3. The number of carbonyl (C=O) groups excluding carboxylic acids is 1. The second-order valence-corrected chi connectivity index (χ2v) is 7.12. The quantitative estimate of drug-likeness (QED) is 0.316. The number of primary amides is 1. The summed E-state index contributed by atoms with van der Waals surface area (Å²) in [6.45, 7) is 0. The molecule has 0 radical (unpaired) electrons. The van der Waals surface area contributed by atoms with Crippen molar-refractivity contribution in [2.24, 2.45) is 5.73 Å². The maximum absolute atomic E-state index is 14.3. The first-order chi connectivity index (χ1) is 16.5. The van der Waals surface area contributed by atoms with Gasteiger partial charge in [0.15, 0.2) is 5.82 Å². The number of carbonyl (C=O) groups is 2. The minimum atomic E-state index is -4.75. The van der Waals surface area contributed by atoms with Crippen molar-refractivity contribution >= 4 is 35.0 Å². The predicted octanol–water partition coefficient (Wildman–Crippen LogP) is 5.59. The molecule has 0 aliphatic rings. The number of alkyl halides is 3. The van der Waals surface area contributed by atoms with Gasteiger partial charge in [0.1, 0.15) is 23.0 Å². The number of pyridine rings is 1. The number of nitrogens with one attached hydrogen (secondary N) is 1. The van der Waals surface area contributed by atoms with E-state index in [-0.39, 0.29) is 17.3 Å². The number of benzene rings is 2. The first-order valence-electron chi connectivity index (χ1n) is 9.74. The number of imidazole rings is 1. The van der Waals surface area contributed by atoms with Crippen LogP contribution in [0.25, 0.3) is 5.65 Å². The molecule has 4 N–H and O–H groups in total. The standard InChI is InChI=1S/C22H15F4N5O4/c23-16-7-1-12(22(24,25)26)9-17(16)31(20(27)32)13-2-4-14(5-3-13)35-15-6-8-19-28-18(29-21(33)34)11-30(19)10-15/h1-11,29H,(H2,27,32)(H,33,34). The fourth-order valence-corrected chi connectivity index (χ4v) is 3.25. The van der Waals surface area contributed by atoms with Gasteiger partial charge in [-0.25, -0.2) is 19.0 Å². The number of urea groups is 1. The molecule has 35 heavy (non-hydrogen) atoms. The Balaban J connectivity index is 1.59. The first kappa shape index (κ1) is 23.4. The highest BCUT2D eigenvalue weighted by Gasteiger charge is 2.32. The fraction of sp³-hybridized carbons (Fsp3) is 0.0455. The lowest BCUT2D eigenvalue weighted by molar-refractivity contribution is -0.137. The van der Waals surface area contributed by atoms with Crippen LogP contribution in [0.5, 0.6) is 11.5 Å². The summed E-state index contributed by atoms with van der Waals surface area (Å²) in [6, 6.07) is 9.11. The summed E-state index contributed by atoms with van der Waals surface area (Å²) >= 11 is 0. The third-order valence-corrected chi connectivity index (χ3v) is 4.72. The zero-order valence-electron chi connectivity index (χ0n) is 17.5. The first-order valence-corrected chi connectivity index (χ1v) is 9.74. The molecule has 3 amide bonds. The molecule has 2 aromatic heterocycles. The van der Waals surface area contributed by atoms with E-state index in [1.54, 1.807) is 12.1 Å². The number of hydrogen-bond acceptors (Lipinski definition) is 4. The Hall–Kier alpha value is -4.81. The second kappa shape index (κ2) is 8.85. The van der Waals surface area contributed by atoms with Gasteiger partial charge in [-0.1, -0.05) is 0 Å². The van der Waals surface area contributed by atoms with E-state index >= 15 is 0 Å². The third-order valence-electron chi connectivity index (χ3n) is 4.72. The van der Waals surface area contributed by atoms with Crippen molar-refractivity contribution in [2.45, 2.75) is 6.18 Å². The van der Waals surface area contributed by atoms with E-state index in [1.165, 1.54) is 41.1 Å². The molecule has 13 heteroatoms.